The van der Waals surface area contributed by atoms with Crippen molar-refractivity contribution in [2.45, 2.75) is 38.7 Å². The second-order valence-electron chi connectivity index (χ2n) is 7.83. The Kier molecular flexibility index (Phi) is 7.07. The average Bonchev–Trinajstić information content (AvgIpc) is 3.45. The standard InChI is InChI=1S/C25H29N3O4/c1-18-23(14-15-24(29)26-17-22-9-6-16-31-22)25(32-21-7-4-3-5-8-21)28(27-18)19-10-12-20(30-2)13-11-19/h3-5,7-8,10-13,22H,6,9,14-17H2,1-2H3,(H,26,29). The maximum Gasteiger partial charge on any atom is 0.226 e. The van der Waals surface area contributed by atoms with Crippen molar-refractivity contribution >= 4 is 5.91 Å². The molecule has 1 atom stereocenters. The van der Waals surface area contributed by atoms with E-state index in [0.717, 1.165) is 42.1 Å². The molecule has 1 N–H and O–H groups in total. The summed E-state index contributed by atoms with van der Waals surface area (Å²) in [4.78, 5) is 12.5. The van der Waals surface area contributed by atoms with E-state index in [0.29, 0.717) is 31.0 Å². The summed E-state index contributed by atoms with van der Waals surface area (Å²) in [7, 11) is 1.64. The highest BCUT2D eigenvalue weighted by molar-refractivity contribution is 5.76. The summed E-state index contributed by atoms with van der Waals surface area (Å²) in [6, 6.07) is 17.2. The molecule has 0 spiro atoms. The van der Waals surface area contributed by atoms with Crippen LogP contribution in [0.5, 0.6) is 17.4 Å². The zero-order valence-electron chi connectivity index (χ0n) is 18.5. The normalized spacial score (nSPS) is 15.5. The van der Waals surface area contributed by atoms with Gasteiger partial charge in [-0.1, -0.05) is 18.2 Å². The Bertz CT molecular complexity index is 1030. The molecule has 3 aromatic rings. The first kappa shape index (κ1) is 21.9. The minimum Gasteiger partial charge on any atom is -0.497 e. The van der Waals surface area contributed by atoms with Crippen LogP contribution in [-0.4, -0.2) is 42.1 Å². The highest BCUT2D eigenvalue weighted by atomic mass is 16.5. The number of nitrogens with one attached hydrogen (secondary N) is 1. The van der Waals surface area contributed by atoms with E-state index in [2.05, 4.69) is 5.32 Å². The number of hydrogen-bond acceptors (Lipinski definition) is 5. The van der Waals surface area contributed by atoms with Crippen molar-refractivity contribution in [1.29, 1.82) is 0 Å². The number of benzene rings is 2. The lowest BCUT2D eigenvalue weighted by Gasteiger charge is -2.13. The summed E-state index contributed by atoms with van der Waals surface area (Å²) in [5.41, 5.74) is 2.60. The lowest BCUT2D eigenvalue weighted by molar-refractivity contribution is -0.121. The summed E-state index contributed by atoms with van der Waals surface area (Å²) in [6.07, 6.45) is 3.08. The summed E-state index contributed by atoms with van der Waals surface area (Å²) in [6.45, 7) is 3.29. The summed E-state index contributed by atoms with van der Waals surface area (Å²) in [5.74, 6) is 2.10. The number of carbonyl (C=O) groups is 1. The molecule has 1 aliphatic rings. The monoisotopic (exact) mass is 435 g/mol. The molecule has 1 fully saturated rings. The number of methoxy groups -OCH3 is 1. The van der Waals surface area contributed by atoms with Gasteiger partial charge in [-0.2, -0.15) is 5.10 Å². The van der Waals surface area contributed by atoms with Crippen LogP contribution in [0.1, 0.15) is 30.5 Å². The predicted molar refractivity (Wildman–Crippen MR) is 122 cm³/mol. The molecule has 1 aliphatic heterocycles. The molecule has 1 unspecified atom stereocenters. The SMILES string of the molecule is COc1ccc(-n2nc(C)c(CCC(=O)NCC3CCCO3)c2Oc2ccccc2)cc1. The molecule has 4 rings (SSSR count). The quantitative estimate of drug-likeness (QED) is 0.545. The molecule has 1 aromatic heterocycles. The van der Waals surface area contributed by atoms with Gasteiger partial charge in [-0.3, -0.25) is 4.79 Å². The molecule has 7 heteroatoms. The van der Waals surface area contributed by atoms with E-state index < -0.39 is 0 Å². The van der Waals surface area contributed by atoms with Crippen LogP contribution in [0.15, 0.2) is 54.6 Å². The first-order valence-corrected chi connectivity index (χ1v) is 11.0. The molecule has 32 heavy (non-hydrogen) atoms. The number of nitrogens with zero attached hydrogens (tertiary/aromatic N) is 2. The number of ether oxygens (including phenoxy) is 3. The average molecular weight is 436 g/mol. The van der Waals surface area contributed by atoms with Gasteiger partial charge in [-0.05, 0) is 62.6 Å². The Hall–Kier alpha value is -3.32. The van der Waals surface area contributed by atoms with Gasteiger partial charge in [0.05, 0.1) is 24.6 Å². The molecule has 2 heterocycles. The lowest BCUT2D eigenvalue weighted by Crippen LogP contribution is -2.31. The maximum absolute atomic E-state index is 12.5. The fourth-order valence-corrected chi connectivity index (χ4v) is 3.79. The van der Waals surface area contributed by atoms with E-state index in [1.807, 2.05) is 61.5 Å². The smallest absolute Gasteiger partial charge is 0.226 e. The van der Waals surface area contributed by atoms with Crippen molar-refractivity contribution in [3.8, 4) is 23.1 Å². The summed E-state index contributed by atoms with van der Waals surface area (Å²) >= 11 is 0. The van der Waals surface area contributed by atoms with Crippen molar-refractivity contribution in [2.75, 3.05) is 20.3 Å². The summed E-state index contributed by atoms with van der Waals surface area (Å²) < 4.78 is 18.9. The number of para-hydroxylation sites is 1. The van der Waals surface area contributed by atoms with Gasteiger partial charge in [0.1, 0.15) is 11.5 Å². The number of carbonyl (C=O) groups excluding carboxylic acids is 1. The van der Waals surface area contributed by atoms with Crippen molar-refractivity contribution in [1.82, 2.24) is 15.1 Å². The second-order valence-corrected chi connectivity index (χ2v) is 7.83. The fourth-order valence-electron chi connectivity index (χ4n) is 3.79. The Morgan fingerprint density at radius 3 is 2.62 bits per heavy atom. The highest BCUT2D eigenvalue weighted by Gasteiger charge is 2.21. The third-order valence-corrected chi connectivity index (χ3v) is 5.56. The van der Waals surface area contributed by atoms with Gasteiger partial charge in [0.2, 0.25) is 11.8 Å². The van der Waals surface area contributed by atoms with E-state index in [1.165, 1.54) is 0 Å². The molecule has 1 amide bonds. The van der Waals surface area contributed by atoms with Crippen LogP contribution < -0.4 is 14.8 Å². The third-order valence-electron chi connectivity index (χ3n) is 5.56. The Morgan fingerprint density at radius 1 is 1.16 bits per heavy atom. The molecular formula is C25H29N3O4. The molecule has 2 aromatic carbocycles. The highest BCUT2D eigenvalue weighted by Crippen LogP contribution is 2.32. The van der Waals surface area contributed by atoms with Crippen LogP contribution in [0.25, 0.3) is 5.69 Å². The zero-order chi connectivity index (χ0) is 22.3. The zero-order valence-corrected chi connectivity index (χ0v) is 18.5. The van der Waals surface area contributed by atoms with Crippen LogP contribution >= 0.6 is 0 Å². The van der Waals surface area contributed by atoms with Crippen molar-refractivity contribution in [3.05, 3.63) is 65.9 Å². The summed E-state index contributed by atoms with van der Waals surface area (Å²) in [5, 5.41) is 7.71. The number of hydrogen-bond donors (Lipinski definition) is 1. The fraction of sp³-hybridized carbons (Fsp3) is 0.360. The predicted octanol–water partition coefficient (Wildman–Crippen LogP) is 4.21. The molecule has 1 saturated heterocycles. The van der Waals surface area contributed by atoms with Gasteiger partial charge in [-0.15, -0.1) is 0 Å². The van der Waals surface area contributed by atoms with E-state index in [1.54, 1.807) is 11.8 Å². The number of aromatic nitrogens is 2. The van der Waals surface area contributed by atoms with Crippen molar-refractivity contribution in [2.24, 2.45) is 0 Å². The number of aryl methyl sites for hydroxylation is 1. The van der Waals surface area contributed by atoms with E-state index >= 15 is 0 Å². The molecular weight excluding hydrogens is 406 g/mol. The van der Waals surface area contributed by atoms with E-state index in [4.69, 9.17) is 19.3 Å². The van der Waals surface area contributed by atoms with Gasteiger partial charge in [0, 0.05) is 25.1 Å². The minimum absolute atomic E-state index is 0.00255. The first-order valence-electron chi connectivity index (χ1n) is 11.0. The first-order chi connectivity index (χ1) is 15.6. The van der Waals surface area contributed by atoms with Crippen LogP contribution in [0.4, 0.5) is 0 Å². The van der Waals surface area contributed by atoms with Gasteiger partial charge in [0.25, 0.3) is 0 Å². The molecule has 168 valence electrons. The van der Waals surface area contributed by atoms with Gasteiger partial charge in [0.15, 0.2) is 0 Å². The number of amides is 1. The van der Waals surface area contributed by atoms with Crippen LogP contribution in [0, 0.1) is 6.92 Å². The Balaban J connectivity index is 1.54. The van der Waals surface area contributed by atoms with Gasteiger partial charge >= 0.3 is 0 Å². The lowest BCUT2D eigenvalue weighted by atomic mass is 10.1. The Morgan fingerprint density at radius 2 is 1.94 bits per heavy atom. The van der Waals surface area contributed by atoms with Crippen LogP contribution in [0.3, 0.4) is 0 Å². The Labute approximate surface area is 188 Å². The van der Waals surface area contributed by atoms with Crippen LogP contribution in [0.2, 0.25) is 0 Å². The molecule has 0 bridgehead atoms. The topological polar surface area (TPSA) is 74.6 Å². The van der Waals surface area contributed by atoms with Crippen molar-refractivity contribution in [3.63, 3.8) is 0 Å². The maximum atomic E-state index is 12.5. The van der Waals surface area contributed by atoms with Gasteiger partial charge < -0.3 is 19.5 Å². The van der Waals surface area contributed by atoms with E-state index in [9.17, 15) is 4.79 Å². The van der Waals surface area contributed by atoms with E-state index in [-0.39, 0.29) is 12.0 Å². The molecule has 7 nitrogen and oxygen atoms in total. The molecule has 0 radical (unpaired) electrons. The molecule has 0 aliphatic carbocycles. The second kappa shape index (κ2) is 10.3. The molecule has 0 saturated carbocycles. The largest absolute Gasteiger partial charge is 0.497 e. The van der Waals surface area contributed by atoms with Crippen molar-refractivity contribution < 1.29 is 19.0 Å². The van der Waals surface area contributed by atoms with Gasteiger partial charge in [-0.25, -0.2) is 4.68 Å². The minimum atomic E-state index is 0.00255. The number of rotatable bonds is 9. The van der Waals surface area contributed by atoms with Crippen LogP contribution in [-0.2, 0) is 16.0 Å². The third kappa shape index (κ3) is 5.29.